The van der Waals surface area contributed by atoms with Gasteiger partial charge in [0.1, 0.15) is 12.4 Å². The molecule has 0 bridgehead atoms. The number of para-hydroxylation sites is 1. The van der Waals surface area contributed by atoms with Gasteiger partial charge in [0, 0.05) is 0 Å². The van der Waals surface area contributed by atoms with Crippen molar-refractivity contribution in [1.82, 2.24) is 0 Å². The number of phenolic OH excluding ortho intramolecular Hbond substituents is 1. The zero-order chi connectivity index (χ0) is 15.5. The van der Waals surface area contributed by atoms with Gasteiger partial charge in [-0.05, 0) is 30.7 Å². The Balaban J connectivity index is 1.92. The lowest BCUT2D eigenvalue weighted by Gasteiger charge is -2.12. The number of nitrogens with one attached hydrogen (secondary N) is 1. The van der Waals surface area contributed by atoms with Gasteiger partial charge in [-0.25, -0.2) is 4.99 Å². The minimum atomic E-state index is -0.360. The van der Waals surface area contributed by atoms with Crippen molar-refractivity contribution in [2.75, 3.05) is 18.5 Å². The molecule has 0 saturated heterocycles. The molecule has 1 amide bonds. The molecule has 0 aromatic heterocycles. The first kappa shape index (κ1) is 14.1. The zero-order valence-electron chi connectivity index (χ0n) is 12.2. The number of benzene rings is 2. The van der Waals surface area contributed by atoms with Gasteiger partial charge in [-0.3, -0.25) is 4.79 Å². The quantitative estimate of drug-likeness (QED) is 0.915. The number of nitrogens with zero attached hydrogens (tertiary/aromatic N) is 1. The van der Waals surface area contributed by atoms with E-state index in [1.165, 1.54) is 6.07 Å². The van der Waals surface area contributed by atoms with Crippen molar-refractivity contribution in [2.45, 2.75) is 6.92 Å². The van der Waals surface area contributed by atoms with Gasteiger partial charge in [0.25, 0.3) is 5.91 Å². The van der Waals surface area contributed by atoms with Crippen molar-refractivity contribution in [3.63, 3.8) is 0 Å². The van der Waals surface area contributed by atoms with Gasteiger partial charge in [0.15, 0.2) is 0 Å². The van der Waals surface area contributed by atoms with Gasteiger partial charge in [-0.1, -0.05) is 24.3 Å². The number of ether oxygens (including phenoxy) is 1. The summed E-state index contributed by atoms with van der Waals surface area (Å²) in [5.41, 5.74) is 2.33. The molecule has 0 spiro atoms. The van der Waals surface area contributed by atoms with Crippen molar-refractivity contribution in [3.8, 4) is 5.75 Å². The second-order valence-corrected chi connectivity index (χ2v) is 5.00. The zero-order valence-corrected chi connectivity index (χ0v) is 12.2. The summed E-state index contributed by atoms with van der Waals surface area (Å²) in [6, 6.07) is 12.3. The molecule has 2 aromatic carbocycles. The minimum Gasteiger partial charge on any atom is -0.507 e. The predicted octanol–water partition coefficient (Wildman–Crippen LogP) is 2.73. The summed E-state index contributed by atoms with van der Waals surface area (Å²) in [6.07, 6.45) is 0. The van der Waals surface area contributed by atoms with Crippen LogP contribution in [0.15, 0.2) is 47.5 Å². The van der Waals surface area contributed by atoms with E-state index in [9.17, 15) is 9.90 Å². The maximum Gasteiger partial charge on any atom is 0.259 e. The number of aliphatic imine (C=N–C) groups is 1. The second kappa shape index (κ2) is 5.89. The predicted molar refractivity (Wildman–Crippen MR) is 84.6 cm³/mol. The molecule has 2 aromatic rings. The molecule has 112 valence electrons. The minimum absolute atomic E-state index is 0.0376. The fourth-order valence-electron chi connectivity index (χ4n) is 2.41. The van der Waals surface area contributed by atoms with Crippen molar-refractivity contribution in [1.29, 1.82) is 0 Å². The number of phenols is 1. The van der Waals surface area contributed by atoms with Crippen LogP contribution in [0.2, 0.25) is 0 Å². The monoisotopic (exact) mass is 296 g/mol. The molecule has 0 saturated carbocycles. The van der Waals surface area contributed by atoms with Crippen LogP contribution in [0, 0.1) is 6.92 Å². The number of hydrogen-bond donors (Lipinski definition) is 2. The molecular formula is C17H16N2O3. The fraction of sp³-hybridized carbons (Fsp3) is 0.176. The highest BCUT2D eigenvalue weighted by molar-refractivity contribution is 6.10. The third-order valence-electron chi connectivity index (χ3n) is 3.47. The molecule has 5 heteroatoms. The highest BCUT2D eigenvalue weighted by atomic mass is 16.5. The van der Waals surface area contributed by atoms with Crippen LogP contribution in [-0.4, -0.2) is 30.1 Å². The van der Waals surface area contributed by atoms with E-state index in [0.717, 1.165) is 5.56 Å². The Hall–Kier alpha value is -2.82. The van der Waals surface area contributed by atoms with Crippen LogP contribution >= 0.6 is 0 Å². The van der Waals surface area contributed by atoms with E-state index in [-0.39, 0.29) is 17.2 Å². The van der Waals surface area contributed by atoms with E-state index in [1.807, 2.05) is 18.2 Å². The van der Waals surface area contributed by atoms with E-state index < -0.39 is 0 Å². The van der Waals surface area contributed by atoms with Crippen LogP contribution in [0.4, 0.5) is 5.69 Å². The standard InChI is InChI=1S/C17H16N2O3/c1-11-5-4-8-14(20)15(11)16(21)19-13-7-3-2-6-12(13)17-18-9-10-22-17/h2-8,20H,9-10H2,1H3,(H,19,21). The first-order valence-corrected chi connectivity index (χ1v) is 7.03. The third kappa shape index (κ3) is 2.65. The maximum absolute atomic E-state index is 12.5. The van der Waals surface area contributed by atoms with Crippen LogP contribution in [-0.2, 0) is 4.74 Å². The Morgan fingerprint density at radius 3 is 2.77 bits per heavy atom. The van der Waals surface area contributed by atoms with Gasteiger partial charge in [0.05, 0.1) is 23.4 Å². The summed E-state index contributed by atoms with van der Waals surface area (Å²) in [5, 5.41) is 12.7. The van der Waals surface area contributed by atoms with Gasteiger partial charge >= 0.3 is 0 Å². The van der Waals surface area contributed by atoms with Gasteiger partial charge < -0.3 is 15.2 Å². The normalized spacial score (nSPS) is 13.4. The summed E-state index contributed by atoms with van der Waals surface area (Å²) >= 11 is 0. The van der Waals surface area contributed by atoms with Crippen LogP contribution in [0.3, 0.4) is 0 Å². The second-order valence-electron chi connectivity index (χ2n) is 5.00. The summed E-state index contributed by atoms with van der Waals surface area (Å²) in [5.74, 6) is 0.135. The number of aryl methyl sites for hydroxylation is 1. The van der Waals surface area contributed by atoms with E-state index in [4.69, 9.17) is 4.74 Å². The largest absolute Gasteiger partial charge is 0.507 e. The lowest BCUT2D eigenvalue weighted by atomic mass is 10.1. The maximum atomic E-state index is 12.5. The number of anilines is 1. The van der Waals surface area contributed by atoms with Gasteiger partial charge in [0.2, 0.25) is 5.90 Å². The lowest BCUT2D eigenvalue weighted by molar-refractivity contribution is 0.102. The molecule has 0 radical (unpaired) electrons. The fourth-order valence-corrected chi connectivity index (χ4v) is 2.41. The molecule has 1 aliphatic heterocycles. The summed E-state index contributed by atoms with van der Waals surface area (Å²) in [6.45, 7) is 2.96. The first-order valence-electron chi connectivity index (χ1n) is 7.03. The number of amides is 1. The Bertz CT molecular complexity index is 733. The lowest BCUT2D eigenvalue weighted by Crippen LogP contribution is -2.16. The number of carbonyl (C=O) groups excluding carboxylic acids is 1. The number of hydrogen-bond acceptors (Lipinski definition) is 4. The number of aromatic hydroxyl groups is 1. The van der Waals surface area contributed by atoms with E-state index in [0.29, 0.717) is 30.3 Å². The highest BCUT2D eigenvalue weighted by Crippen LogP contribution is 2.24. The smallest absolute Gasteiger partial charge is 0.259 e. The Morgan fingerprint density at radius 2 is 2.05 bits per heavy atom. The summed E-state index contributed by atoms with van der Waals surface area (Å²) in [7, 11) is 0. The Labute approximate surface area is 128 Å². The third-order valence-corrected chi connectivity index (χ3v) is 3.47. The number of carbonyl (C=O) groups is 1. The molecule has 0 atom stereocenters. The topological polar surface area (TPSA) is 70.9 Å². The van der Waals surface area contributed by atoms with Crippen LogP contribution in [0.5, 0.6) is 5.75 Å². The summed E-state index contributed by atoms with van der Waals surface area (Å²) in [4.78, 5) is 16.7. The average molecular weight is 296 g/mol. The van der Waals surface area contributed by atoms with Crippen LogP contribution in [0.1, 0.15) is 21.5 Å². The molecule has 2 N–H and O–H groups in total. The molecule has 3 rings (SSSR count). The van der Waals surface area contributed by atoms with E-state index in [1.54, 1.807) is 25.1 Å². The van der Waals surface area contributed by atoms with Crippen molar-refractivity contribution >= 4 is 17.5 Å². The van der Waals surface area contributed by atoms with Crippen molar-refractivity contribution in [2.24, 2.45) is 4.99 Å². The van der Waals surface area contributed by atoms with Gasteiger partial charge in [-0.2, -0.15) is 0 Å². The molecule has 5 nitrogen and oxygen atoms in total. The molecule has 22 heavy (non-hydrogen) atoms. The Kier molecular flexibility index (Phi) is 3.78. The van der Waals surface area contributed by atoms with Crippen molar-refractivity contribution < 1.29 is 14.6 Å². The van der Waals surface area contributed by atoms with Crippen molar-refractivity contribution in [3.05, 3.63) is 59.2 Å². The summed E-state index contributed by atoms with van der Waals surface area (Å²) < 4.78 is 5.46. The molecular weight excluding hydrogens is 280 g/mol. The Morgan fingerprint density at radius 1 is 1.23 bits per heavy atom. The molecule has 1 heterocycles. The first-order chi connectivity index (χ1) is 10.7. The highest BCUT2D eigenvalue weighted by Gasteiger charge is 2.18. The molecule has 0 fully saturated rings. The molecule has 0 unspecified atom stereocenters. The van der Waals surface area contributed by atoms with Gasteiger partial charge in [-0.15, -0.1) is 0 Å². The molecule has 0 aliphatic carbocycles. The molecule has 1 aliphatic rings. The number of rotatable bonds is 3. The van der Waals surface area contributed by atoms with E-state index in [2.05, 4.69) is 10.3 Å². The average Bonchev–Trinajstić information content (AvgIpc) is 3.01. The van der Waals surface area contributed by atoms with Crippen LogP contribution < -0.4 is 5.32 Å². The van der Waals surface area contributed by atoms with E-state index >= 15 is 0 Å². The SMILES string of the molecule is Cc1cccc(O)c1C(=O)Nc1ccccc1C1=NCCO1. The van der Waals surface area contributed by atoms with Crippen LogP contribution in [0.25, 0.3) is 0 Å².